The maximum Gasteiger partial charge on any atom is 0.186 e. The van der Waals surface area contributed by atoms with Gasteiger partial charge in [0.1, 0.15) is 6.04 Å². The summed E-state index contributed by atoms with van der Waals surface area (Å²) >= 11 is 7.76. The fraction of sp³-hybridized carbons (Fsp3) is 0.286. The van der Waals surface area contributed by atoms with Crippen molar-refractivity contribution in [2.75, 3.05) is 11.4 Å². The van der Waals surface area contributed by atoms with Gasteiger partial charge in [-0.25, -0.2) is 4.98 Å². The molecule has 0 amide bonds. The van der Waals surface area contributed by atoms with Crippen LogP contribution in [0, 0.1) is 4.91 Å². The van der Waals surface area contributed by atoms with Crippen molar-refractivity contribution in [3.05, 3.63) is 74.5 Å². The number of aromatic nitrogens is 1. The average molecular weight is 398 g/mol. The molecule has 2 heterocycles. The molecule has 1 unspecified atom stereocenters. The van der Waals surface area contributed by atoms with E-state index in [4.69, 9.17) is 16.6 Å². The molecule has 138 valence electrons. The van der Waals surface area contributed by atoms with Gasteiger partial charge in [-0.05, 0) is 41.7 Å². The molecular formula is C21H20ClN3OS. The van der Waals surface area contributed by atoms with Gasteiger partial charge in [0.2, 0.25) is 0 Å². The number of hydrogen-bond acceptors (Lipinski definition) is 5. The number of halogens is 1. The topological polar surface area (TPSA) is 45.6 Å². The summed E-state index contributed by atoms with van der Waals surface area (Å²) in [6.45, 7) is 3.75. The van der Waals surface area contributed by atoms with Gasteiger partial charge in [0.05, 0.1) is 5.69 Å². The maximum atomic E-state index is 11.0. The van der Waals surface area contributed by atoms with Crippen LogP contribution in [-0.4, -0.2) is 11.5 Å². The second-order valence-corrected chi connectivity index (χ2v) is 8.03. The van der Waals surface area contributed by atoms with Crippen molar-refractivity contribution < 1.29 is 0 Å². The molecule has 0 N–H and O–H groups in total. The van der Waals surface area contributed by atoms with Crippen molar-refractivity contribution in [3.8, 4) is 11.3 Å². The fourth-order valence-electron chi connectivity index (χ4n) is 3.50. The Balaban J connectivity index is 1.54. The van der Waals surface area contributed by atoms with Crippen LogP contribution in [0.25, 0.3) is 11.3 Å². The van der Waals surface area contributed by atoms with E-state index in [1.54, 1.807) is 11.3 Å². The van der Waals surface area contributed by atoms with Gasteiger partial charge in [-0.15, -0.1) is 11.3 Å². The van der Waals surface area contributed by atoms with Crippen molar-refractivity contribution in [1.82, 2.24) is 4.98 Å². The fourth-order valence-corrected chi connectivity index (χ4v) is 4.56. The second-order valence-electron chi connectivity index (χ2n) is 6.75. The number of thiazole rings is 1. The highest BCUT2D eigenvalue weighted by Crippen LogP contribution is 2.33. The molecule has 0 saturated carbocycles. The van der Waals surface area contributed by atoms with Gasteiger partial charge in [0.15, 0.2) is 5.13 Å². The van der Waals surface area contributed by atoms with E-state index in [0.717, 1.165) is 52.9 Å². The maximum absolute atomic E-state index is 11.0. The first-order chi connectivity index (χ1) is 13.2. The van der Waals surface area contributed by atoms with E-state index in [1.807, 2.05) is 37.3 Å². The van der Waals surface area contributed by atoms with Crippen LogP contribution in [0.1, 0.15) is 36.1 Å². The van der Waals surface area contributed by atoms with E-state index in [2.05, 4.69) is 27.6 Å². The Hall–Kier alpha value is -2.24. The first-order valence-corrected chi connectivity index (χ1v) is 10.3. The van der Waals surface area contributed by atoms with E-state index in [9.17, 15) is 4.91 Å². The molecule has 1 aromatic heterocycles. The summed E-state index contributed by atoms with van der Waals surface area (Å²) < 4.78 is 0. The number of anilines is 1. The summed E-state index contributed by atoms with van der Waals surface area (Å²) in [6, 6.07) is 13.9. The van der Waals surface area contributed by atoms with Crippen molar-refractivity contribution >= 4 is 28.1 Å². The quantitative estimate of drug-likeness (QED) is 0.478. The Bertz CT molecular complexity index is 972. The van der Waals surface area contributed by atoms with Crippen LogP contribution in [0.15, 0.2) is 53.0 Å². The SMILES string of the molecule is CCC(N=O)c1ccc2c(c1)CCN(c1nc(-c3cccc(Cl)c3)cs1)C2. The van der Waals surface area contributed by atoms with Crippen molar-refractivity contribution in [3.63, 3.8) is 0 Å². The summed E-state index contributed by atoms with van der Waals surface area (Å²) in [6.07, 6.45) is 1.68. The minimum atomic E-state index is -0.243. The molecule has 1 aliphatic rings. The van der Waals surface area contributed by atoms with Crippen LogP contribution in [0.2, 0.25) is 5.02 Å². The number of benzene rings is 2. The van der Waals surface area contributed by atoms with Gasteiger partial charge < -0.3 is 4.90 Å². The zero-order chi connectivity index (χ0) is 18.8. The van der Waals surface area contributed by atoms with Crippen LogP contribution in [0.3, 0.4) is 0 Å². The molecular weight excluding hydrogens is 378 g/mol. The molecule has 4 rings (SSSR count). The number of fused-ring (bicyclic) bond motifs is 1. The molecule has 3 aromatic rings. The number of hydrogen-bond donors (Lipinski definition) is 0. The molecule has 0 fully saturated rings. The Morgan fingerprint density at radius 1 is 1.26 bits per heavy atom. The lowest BCUT2D eigenvalue weighted by Gasteiger charge is -2.29. The second kappa shape index (κ2) is 7.79. The van der Waals surface area contributed by atoms with Crippen molar-refractivity contribution in [2.45, 2.75) is 32.4 Å². The zero-order valence-electron chi connectivity index (χ0n) is 15.1. The van der Waals surface area contributed by atoms with Crippen LogP contribution >= 0.6 is 22.9 Å². The lowest BCUT2D eigenvalue weighted by atomic mass is 9.94. The minimum Gasteiger partial charge on any atom is -0.343 e. The van der Waals surface area contributed by atoms with Crippen LogP contribution < -0.4 is 4.90 Å². The monoisotopic (exact) mass is 397 g/mol. The van der Waals surface area contributed by atoms with Gasteiger partial charge in [0.25, 0.3) is 0 Å². The smallest absolute Gasteiger partial charge is 0.186 e. The normalized spacial score (nSPS) is 14.7. The van der Waals surface area contributed by atoms with Crippen LogP contribution in [0.4, 0.5) is 5.13 Å². The van der Waals surface area contributed by atoms with E-state index >= 15 is 0 Å². The van der Waals surface area contributed by atoms with E-state index in [0.29, 0.717) is 0 Å². The van der Waals surface area contributed by atoms with Gasteiger partial charge in [-0.3, -0.25) is 0 Å². The van der Waals surface area contributed by atoms with Crippen molar-refractivity contribution in [2.24, 2.45) is 5.18 Å². The van der Waals surface area contributed by atoms with E-state index in [-0.39, 0.29) is 6.04 Å². The highest BCUT2D eigenvalue weighted by atomic mass is 35.5. The summed E-state index contributed by atoms with van der Waals surface area (Å²) in [7, 11) is 0. The summed E-state index contributed by atoms with van der Waals surface area (Å²) in [5.41, 5.74) is 5.64. The summed E-state index contributed by atoms with van der Waals surface area (Å²) in [5.74, 6) is 0. The molecule has 0 radical (unpaired) electrons. The van der Waals surface area contributed by atoms with E-state index in [1.165, 1.54) is 11.1 Å². The molecule has 1 atom stereocenters. The molecule has 0 saturated heterocycles. The molecule has 4 nitrogen and oxygen atoms in total. The summed E-state index contributed by atoms with van der Waals surface area (Å²) in [5, 5.41) is 7.08. The molecule has 0 aliphatic carbocycles. The molecule has 1 aliphatic heterocycles. The van der Waals surface area contributed by atoms with Crippen molar-refractivity contribution in [1.29, 1.82) is 0 Å². The lowest BCUT2D eigenvalue weighted by molar-refractivity contribution is 0.684. The van der Waals surface area contributed by atoms with E-state index < -0.39 is 0 Å². The zero-order valence-corrected chi connectivity index (χ0v) is 16.6. The molecule has 2 aromatic carbocycles. The van der Waals surface area contributed by atoms with Crippen LogP contribution in [0.5, 0.6) is 0 Å². The highest BCUT2D eigenvalue weighted by molar-refractivity contribution is 7.14. The third-order valence-electron chi connectivity index (χ3n) is 5.02. The highest BCUT2D eigenvalue weighted by Gasteiger charge is 2.21. The predicted molar refractivity (Wildman–Crippen MR) is 113 cm³/mol. The van der Waals surface area contributed by atoms with Gasteiger partial charge >= 0.3 is 0 Å². The number of rotatable bonds is 5. The molecule has 0 bridgehead atoms. The lowest BCUT2D eigenvalue weighted by Crippen LogP contribution is -2.30. The molecule has 27 heavy (non-hydrogen) atoms. The molecule has 6 heteroatoms. The van der Waals surface area contributed by atoms with Gasteiger partial charge in [-0.2, -0.15) is 4.91 Å². The third-order valence-corrected chi connectivity index (χ3v) is 6.16. The largest absolute Gasteiger partial charge is 0.343 e. The summed E-state index contributed by atoms with van der Waals surface area (Å²) in [4.78, 5) is 18.1. The molecule has 0 spiro atoms. The van der Waals surface area contributed by atoms with Gasteiger partial charge in [0, 0.05) is 29.1 Å². The Morgan fingerprint density at radius 3 is 2.93 bits per heavy atom. The third kappa shape index (κ3) is 3.75. The minimum absolute atomic E-state index is 0.243. The Kier molecular flexibility index (Phi) is 5.23. The Morgan fingerprint density at radius 2 is 2.15 bits per heavy atom. The first-order valence-electron chi connectivity index (χ1n) is 9.08. The standard InChI is InChI=1S/C21H20ClN3OS/c1-2-19(24-26)16-6-7-17-12-25(9-8-14(17)10-16)21-23-20(13-27-21)15-4-3-5-18(22)11-15/h3-7,10-11,13,19H,2,8-9,12H2,1H3. The predicted octanol–water partition coefficient (Wildman–Crippen LogP) is 6.24. The average Bonchev–Trinajstić information content (AvgIpc) is 3.19. The van der Waals surface area contributed by atoms with Crippen LogP contribution in [-0.2, 0) is 13.0 Å². The number of nitroso groups, excluding NO2 is 1. The first kappa shape index (κ1) is 18.1. The van der Waals surface area contributed by atoms with Gasteiger partial charge in [-0.1, -0.05) is 54.0 Å². The number of nitrogens with zero attached hydrogens (tertiary/aromatic N) is 3. The Labute approximate surface area is 167 Å².